The largest absolute Gasteiger partial charge is 0.508 e. The Balaban J connectivity index is 1.68. The van der Waals surface area contributed by atoms with E-state index >= 15 is 0 Å². The van der Waals surface area contributed by atoms with E-state index in [2.05, 4.69) is 0 Å². The van der Waals surface area contributed by atoms with Crippen LogP contribution in [0.1, 0.15) is 39.8 Å². The van der Waals surface area contributed by atoms with Crippen LogP contribution in [-0.2, 0) is 0 Å². The number of hydrogen-bond acceptors (Lipinski definition) is 8. The standard InChI is InChI=1S/C28H22O8/c29-18-9-17(10-19(30)12-18)27-26-15(3-1-14-2-5-21(32)23(34)7-14)8-20(31)13-25(26)36-28(27)16-4-6-22(33)24(35)11-16/h1-13,27-35H/t27-,28+/m0/s1. The lowest BCUT2D eigenvalue weighted by atomic mass is 9.82. The first-order valence-corrected chi connectivity index (χ1v) is 11.0. The molecule has 0 unspecified atom stereocenters. The summed E-state index contributed by atoms with van der Waals surface area (Å²) in [4.78, 5) is 0. The van der Waals surface area contributed by atoms with Crippen LogP contribution in [-0.4, -0.2) is 35.7 Å². The van der Waals surface area contributed by atoms with E-state index in [1.54, 1.807) is 24.3 Å². The molecule has 36 heavy (non-hydrogen) atoms. The van der Waals surface area contributed by atoms with E-state index in [4.69, 9.17) is 4.74 Å². The molecule has 4 aromatic rings. The predicted molar refractivity (Wildman–Crippen MR) is 132 cm³/mol. The lowest BCUT2D eigenvalue weighted by Gasteiger charge is -2.21. The van der Waals surface area contributed by atoms with Gasteiger partial charge in [0.1, 0.15) is 29.1 Å². The zero-order valence-electron chi connectivity index (χ0n) is 18.7. The highest BCUT2D eigenvalue weighted by molar-refractivity contribution is 5.76. The molecule has 1 aliphatic heterocycles. The number of ether oxygens (including phenoxy) is 1. The molecule has 0 amide bonds. The van der Waals surface area contributed by atoms with Gasteiger partial charge < -0.3 is 40.5 Å². The fourth-order valence-corrected chi connectivity index (χ4v) is 4.50. The minimum atomic E-state index is -0.737. The number of phenolic OH excluding ortho intramolecular Hbond substituents is 7. The van der Waals surface area contributed by atoms with Gasteiger partial charge in [-0.3, -0.25) is 0 Å². The highest BCUT2D eigenvalue weighted by Gasteiger charge is 2.39. The molecule has 8 heteroatoms. The van der Waals surface area contributed by atoms with Gasteiger partial charge in [0.2, 0.25) is 0 Å². The molecule has 1 aliphatic rings. The van der Waals surface area contributed by atoms with Crippen molar-refractivity contribution in [2.75, 3.05) is 0 Å². The molecule has 0 aliphatic carbocycles. The molecule has 0 spiro atoms. The summed E-state index contributed by atoms with van der Waals surface area (Å²) >= 11 is 0. The third kappa shape index (κ3) is 4.16. The Kier molecular flexibility index (Phi) is 5.49. The van der Waals surface area contributed by atoms with E-state index in [9.17, 15) is 35.7 Å². The number of hydrogen-bond donors (Lipinski definition) is 7. The summed E-state index contributed by atoms with van der Waals surface area (Å²) in [7, 11) is 0. The maximum Gasteiger partial charge on any atom is 0.157 e. The molecule has 0 aromatic heterocycles. The first-order valence-electron chi connectivity index (χ1n) is 11.0. The van der Waals surface area contributed by atoms with Crippen LogP contribution in [0.15, 0.2) is 66.7 Å². The molecule has 0 radical (unpaired) electrons. The Morgan fingerprint density at radius 3 is 1.86 bits per heavy atom. The van der Waals surface area contributed by atoms with Gasteiger partial charge in [-0.1, -0.05) is 24.3 Å². The van der Waals surface area contributed by atoms with Crippen molar-refractivity contribution in [3.05, 3.63) is 94.5 Å². The average molecular weight is 486 g/mol. The van der Waals surface area contributed by atoms with Gasteiger partial charge in [0.25, 0.3) is 0 Å². The Bertz CT molecular complexity index is 1490. The van der Waals surface area contributed by atoms with Crippen LogP contribution in [0.3, 0.4) is 0 Å². The number of rotatable bonds is 4. The van der Waals surface area contributed by atoms with Crippen LogP contribution in [0.5, 0.6) is 46.0 Å². The maximum absolute atomic E-state index is 10.4. The molecule has 0 bridgehead atoms. The van der Waals surface area contributed by atoms with Crippen molar-refractivity contribution in [3.63, 3.8) is 0 Å². The Morgan fingerprint density at radius 2 is 1.19 bits per heavy atom. The van der Waals surface area contributed by atoms with Gasteiger partial charge in [0.15, 0.2) is 23.0 Å². The average Bonchev–Trinajstić information content (AvgIpc) is 3.20. The topological polar surface area (TPSA) is 151 Å². The molecule has 0 saturated carbocycles. The number of phenols is 7. The van der Waals surface area contributed by atoms with Crippen LogP contribution in [0.2, 0.25) is 0 Å². The summed E-state index contributed by atoms with van der Waals surface area (Å²) in [5, 5.41) is 70.0. The first kappa shape index (κ1) is 22.8. The summed E-state index contributed by atoms with van der Waals surface area (Å²) in [5.74, 6) is -1.75. The number of aromatic hydroxyl groups is 7. The van der Waals surface area contributed by atoms with Gasteiger partial charge in [0.05, 0.1) is 5.92 Å². The molecular weight excluding hydrogens is 464 g/mol. The van der Waals surface area contributed by atoms with Crippen LogP contribution in [0.25, 0.3) is 12.2 Å². The van der Waals surface area contributed by atoms with Crippen molar-refractivity contribution >= 4 is 12.2 Å². The van der Waals surface area contributed by atoms with Crippen LogP contribution >= 0.6 is 0 Å². The third-order valence-corrected chi connectivity index (χ3v) is 6.09. The predicted octanol–water partition coefficient (Wildman–Crippen LogP) is 5.06. The van der Waals surface area contributed by atoms with Gasteiger partial charge in [-0.15, -0.1) is 0 Å². The van der Waals surface area contributed by atoms with E-state index in [-0.39, 0.29) is 40.2 Å². The quantitative estimate of drug-likeness (QED) is 0.156. The first-order chi connectivity index (χ1) is 17.2. The zero-order chi connectivity index (χ0) is 25.6. The molecule has 8 nitrogen and oxygen atoms in total. The second-order valence-corrected chi connectivity index (χ2v) is 8.58. The summed E-state index contributed by atoms with van der Waals surface area (Å²) < 4.78 is 6.22. The van der Waals surface area contributed by atoms with Crippen LogP contribution in [0, 0.1) is 0 Å². The Hall–Kier alpha value is -4.98. The minimum Gasteiger partial charge on any atom is -0.508 e. The zero-order valence-corrected chi connectivity index (χ0v) is 18.7. The normalized spacial score (nSPS) is 16.7. The lowest BCUT2D eigenvalue weighted by molar-refractivity contribution is 0.221. The molecule has 5 rings (SSSR count). The number of benzene rings is 4. The van der Waals surface area contributed by atoms with Gasteiger partial charge in [-0.2, -0.15) is 0 Å². The van der Waals surface area contributed by atoms with Crippen molar-refractivity contribution in [1.29, 1.82) is 0 Å². The van der Waals surface area contributed by atoms with Crippen LogP contribution < -0.4 is 4.74 Å². The summed E-state index contributed by atoms with van der Waals surface area (Å²) in [5.41, 5.74) is 2.84. The van der Waals surface area contributed by atoms with Crippen molar-refractivity contribution in [2.24, 2.45) is 0 Å². The highest BCUT2D eigenvalue weighted by atomic mass is 16.5. The Labute approximate surface area is 205 Å². The summed E-state index contributed by atoms with van der Waals surface area (Å²) in [6, 6.07) is 15.8. The fraction of sp³-hybridized carbons (Fsp3) is 0.0714. The lowest BCUT2D eigenvalue weighted by Crippen LogP contribution is -2.12. The smallest absolute Gasteiger partial charge is 0.157 e. The van der Waals surface area contributed by atoms with Gasteiger partial charge in [-0.25, -0.2) is 0 Å². The second-order valence-electron chi connectivity index (χ2n) is 8.58. The van der Waals surface area contributed by atoms with E-state index in [0.29, 0.717) is 33.6 Å². The van der Waals surface area contributed by atoms with E-state index in [0.717, 1.165) is 0 Å². The SMILES string of the molecule is Oc1cc(O)cc([C@H]2c3c(C=Cc4ccc(O)c(O)c4)cc(O)cc3O[C@@H]2c2ccc(O)c(O)c2)c1. The summed E-state index contributed by atoms with van der Waals surface area (Å²) in [6.07, 6.45) is 2.66. The van der Waals surface area contributed by atoms with Crippen molar-refractivity contribution in [1.82, 2.24) is 0 Å². The van der Waals surface area contributed by atoms with Crippen molar-refractivity contribution < 1.29 is 40.5 Å². The van der Waals surface area contributed by atoms with E-state index in [1.165, 1.54) is 54.6 Å². The second kappa shape index (κ2) is 8.66. The fourth-order valence-electron chi connectivity index (χ4n) is 4.50. The van der Waals surface area contributed by atoms with Gasteiger partial charge in [0, 0.05) is 17.7 Å². The van der Waals surface area contributed by atoms with Crippen LogP contribution in [0.4, 0.5) is 0 Å². The molecule has 7 N–H and O–H groups in total. The molecule has 1 heterocycles. The van der Waals surface area contributed by atoms with Gasteiger partial charge >= 0.3 is 0 Å². The van der Waals surface area contributed by atoms with Crippen molar-refractivity contribution in [2.45, 2.75) is 12.0 Å². The third-order valence-electron chi connectivity index (χ3n) is 6.09. The Morgan fingerprint density at radius 1 is 0.556 bits per heavy atom. The molecule has 2 atom stereocenters. The molecule has 182 valence electrons. The minimum absolute atomic E-state index is 0.0614. The molecule has 0 fully saturated rings. The van der Waals surface area contributed by atoms with E-state index < -0.39 is 12.0 Å². The summed E-state index contributed by atoms with van der Waals surface area (Å²) in [6.45, 7) is 0. The van der Waals surface area contributed by atoms with Gasteiger partial charge in [-0.05, 0) is 64.7 Å². The molecule has 4 aromatic carbocycles. The van der Waals surface area contributed by atoms with Crippen molar-refractivity contribution in [3.8, 4) is 46.0 Å². The van der Waals surface area contributed by atoms with E-state index in [1.807, 2.05) is 0 Å². The maximum atomic E-state index is 10.4. The highest BCUT2D eigenvalue weighted by Crippen LogP contribution is 2.53. The molecular formula is C28H22O8. The number of fused-ring (bicyclic) bond motifs is 1. The monoisotopic (exact) mass is 486 g/mol. The molecule has 0 saturated heterocycles.